The van der Waals surface area contributed by atoms with Crippen LogP contribution in [0.5, 0.6) is 0 Å². The zero-order valence-electron chi connectivity index (χ0n) is 7.77. The zero-order valence-corrected chi connectivity index (χ0v) is 10.1. The van der Waals surface area contributed by atoms with E-state index >= 15 is 0 Å². The van der Waals surface area contributed by atoms with Gasteiger partial charge in [-0.05, 0) is 37.1 Å². The van der Waals surface area contributed by atoms with E-state index in [0.29, 0.717) is 0 Å². The maximum absolute atomic E-state index is 6.10. The van der Waals surface area contributed by atoms with Crippen molar-refractivity contribution < 1.29 is 0 Å². The summed E-state index contributed by atoms with van der Waals surface area (Å²) in [6.45, 7) is 4.04. The third-order valence-corrected chi connectivity index (χ3v) is 3.10. The van der Waals surface area contributed by atoms with Gasteiger partial charge >= 0.3 is 0 Å². The van der Waals surface area contributed by atoms with Gasteiger partial charge in [0.2, 0.25) is 0 Å². The van der Waals surface area contributed by atoms with Crippen LogP contribution in [0.25, 0.3) is 0 Å². The Morgan fingerprint density at radius 1 is 1.54 bits per heavy atom. The molecule has 0 heterocycles. The lowest BCUT2D eigenvalue weighted by Gasteiger charge is -2.24. The average molecular weight is 263 g/mol. The number of benzene rings is 1. The van der Waals surface area contributed by atoms with Crippen molar-refractivity contribution in [2.75, 3.05) is 0 Å². The molecule has 1 unspecified atom stereocenters. The molecule has 0 saturated heterocycles. The van der Waals surface area contributed by atoms with Gasteiger partial charge in [-0.1, -0.05) is 34.5 Å². The summed E-state index contributed by atoms with van der Waals surface area (Å²) in [5.74, 6) is 0. The van der Waals surface area contributed by atoms with Gasteiger partial charge in [-0.2, -0.15) is 0 Å². The van der Waals surface area contributed by atoms with E-state index in [1.807, 2.05) is 25.1 Å². The monoisotopic (exact) mass is 261 g/mol. The molecule has 0 amide bonds. The molecular formula is C10H13BrClN. The van der Waals surface area contributed by atoms with Crippen molar-refractivity contribution in [3.63, 3.8) is 0 Å². The first-order chi connectivity index (χ1) is 5.97. The highest BCUT2D eigenvalue weighted by Crippen LogP contribution is 2.30. The highest BCUT2D eigenvalue weighted by Gasteiger charge is 2.21. The van der Waals surface area contributed by atoms with Gasteiger partial charge in [-0.25, -0.2) is 0 Å². The van der Waals surface area contributed by atoms with Gasteiger partial charge in [0, 0.05) is 15.0 Å². The fourth-order valence-electron chi connectivity index (χ4n) is 1.13. The quantitative estimate of drug-likeness (QED) is 0.864. The summed E-state index contributed by atoms with van der Waals surface area (Å²) in [5.41, 5.74) is 6.75. The molecule has 0 spiro atoms. The molecule has 3 heteroatoms. The molecule has 1 nitrogen and oxygen atoms in total. The van der Waals surface area contributed by atoms with E-state index in [9.17, 15) is 0 Å². The Morgan fingerprint density at radius 2 is 2.15 bits per heavy atom. The number of hydrogen-bond donors (Lipinski definition) is 1. The standard InChI is InChI=1S/C10H13BrClN/c1-3-10(2,13)8-6-7(11)4-5-9(8)12/h4-6H,3,13H2,1-2H3. The molecule has 0 aliphatic rings. The summed E-state index contributed by atoms with van der Waals surface area (Å²) in [6, 6.07) is 5.76. The molecule has 1 aromatic rings. The minimum Gasteiger partial charge on any atom is -0.322 e. The second kappa shape index (κ2) is 3.99. The molecule has 0 aliphatic heterocycles. The Balaban J connectivity index is 3.20. The minimum atomic E-state index is -0.346. The Kier molecular flexibility index (Phi) is 3.38. The molecule has 13 heavy (non-hydrogen) atoms. The van der Waals surface area contributed by atoms with E-state index in [1.165, 1.54) is 0 Å². The molecule has 1 rings (SSSR count). The maximum Gasteiger partial charge on any atom is 0.0457 e. The van der Waals surface area contributed by atoms with Gasteiger partial charge in [0.25, 0.3) is 0 Å². The molecule has 72 valence electrons. The lowest BCUT2D eigenvalue weighted by molar-refractivity contribution is 0.476. The summed E-state index contributed by atoms with van der Waals surface area (Å²) in [4.78, 5) is 0. The lowest BCUT2D eigenvalue weighted by Crippen LogP contribution is -2.32. The SMILES string of the molecule is CCC(C)(N)c1cc(Br)ccc1Cl. The average Bonchev–Trinajstić information content (AvgIpc) is 2.09. The second-order valence-corrected chi connectivity index (χ2v) is 4.72. The van der Waals surface area contributed by atoms with E-state index in [2.05, 4.69) is 22.9 Å². The molecule has 0 bridgehead atoms. The summed E-state index contributed by atoms with van der Waals surface area (Å²) in [5, 5.41) is 0.732. The molecule has 0 radical (unpaired) electrons. The van der Waals surface area contributed by atoms with Crippen LogP contribution < -0.4 is 5.73 Å². The van der Waals surface area contributed by atoms with Gasteiger partial charge in [0.15, 0.2) is 0 Å². The number of nitrogens with two attached hydrogens (primary N) is 1. The third kappa shape index (κ3) is 2.46. The Bertz CT molecular complexity index is 310. The Morgan fingerprint density at radius 3 is 2.69 bits per heavy atom. The van der Waals surface area contributed by atoms with Gasteiger partial charge in [0.05, 0.1) is 0 Å². The van der Waals surface area contributed by atoms with Crippen LogP contribution in [-0.2, 0) is 5.54 Å². The predicted octanol–water partition coefficient (Wildman–Crippen LogP) is 3.69. The fraction of sp³-hybridized carbons (Fsp3) is 0.400. The summed E-state index contributed by atoms with van der Waals surface area (Å²) in [6.07, 6.45) is 0.864. The zero-order chi connectivity index (χ0) is 10.1. The first-order valence-corrected chi connectivity index (χ1v) is 5.39. The summed E-state index contributed by atoms with van der Waals surface area (Å²) >= 11 is 9.46. The number of halogens is 2. The first-order valence-electron chi connectivity index (χ1n) is 4.22. The second-order valence-electron chi connectivity index (χ2n) is 3.40. The van der Waals surface area contributed by atoms with E-state index in [0.717, 1.165) is 21.5 Å². The smallest absolute Gasteiger partial charge is 0.0457 e. The maximum atomic E-state index is 6.10. The molecule has 1 aromatic carbocycles. The van der Waals surface area contributed by atoms with Crippen molar-refractivity contribution in [1.82, 2.24) is 0 Å². The molecular weight excluding hydrogens is 249 g/mol. The Labute approximate surface area is 92.4 Å². The van der Waals surface area contributed by atoms with Crippen LogP contribution in [0.4, 0.5) is 0 Å². The summed E-state index contributed by atoms with van der Waals surface area (Å²) in [7, 11) is 0. The van der Waals surface area contributed by atoms with Crippen molar-refractivity contribution in [3.8, 4) is 0 Å². The van der Waals surface area contributed by atoms with Crippen LogP contribution in [0.1, 0.15) is 25.8 Å². The van der Waals surface area contributed by atoms with E-state index < -0.39 is 0 Å². The van der Waals surface area contributed by atoms with Crippen molar-refractivity contribution in [2.45, 2.75) is 25.8 Å². The normalized spacial score (nSPS) is 15.5. The molecule has 2 N–H and O–H groups in total. The first kappa shape index (κ1) is 11.0. The molecule has 0 aliphatic carbocycles. The van der Waals surface area contributed by atoms with Crippen molar-refractivity contribution >= 4 is 27.5 Å². The third-order valence-electron chi connectivity index (χ3n) is 2.28. The molecule has 0 saturated carbocycles. The van der Waals surface area contributed by atoms with Gasteiger partial charge in [0.1, 0.15) is 0 Å². The molecule has 0 aromatic heterocycles. The van der Waals surface area contributed by atoms with Gasteiger partial charge in [-0.15, -0.1) is 0 Å². The van der Waals surface area contributed by atoms with Gasteiger partial charge in [-0.3, -0.25) is 0 Å². The van der Waals surface area contributed by atoms with Crippen LogP contribution in [0.2, 0.25) is 5.02 Å². The Hall–Kier alpha value is -0.0500. The molecule has 0 fully saturated rings. The summed E-state index contributed by atoms with van der Waals surface area (Å²) < 4.78 is 1.01. The van der Waals surface area contributed by atoms with E-state index in [4.69, 9.17) is 17.3 Å². The molecule has 1 atom stereocenters. The highest BCUT2D eigenvalue weighted by molar-refractivity contribution is 9.10. The lowest BCUT2D eigenvalue weighted by atomic mass is 9.91. The minimum absolute atomic E-state index is 0.346. The predicted molar refractivity (Wildman–Crippen MR) is 61.0 cm³/mol. The van der Waals surface area contributed by atoms with Crippen LogP contribution in [0.3, 0.4) is 0 Å². The fourth-order valence-corrected chi connectivity index (χ4v) is 1.82. The van der Waals surface area contributed by atoms with Crippen LogP contribution in [0.15, 0.2) is 22.7 Å². The number of rotatable bonds is 2. The van der Waals surface area contributed by atoms with E-state index in [1.54, 1.807) is 0 Å². The van der Waals surface area contributed by atoms with Crippen molar-refractivity contribution in [1.29, 1.82) is 0 Å². The van der Waals surface area contributed by atoms with Crippen LogP contribution >= 0.6 is 27.5 Å². The van der Waals surface area contributed by atoms with Crippen LogP contribution in [-0.4, -0.2) is 0 Å². The van der Waals surface area contributed by atoms with Crippen molar-refractivity contribution in [2.24, 2.45) is 5.73 Å². The topological polar surface area (TPSA) is 26.0 Å². The number of hydrogen-bond acceptors (Lipinski definition) is 1. The van der Waals surface area contributed by atoms with E-state index in [-0.39, 0.29) is 5.54 Å². The largest absolute Gasteiger partial charge is 0.322 e. The van der Waals surface area contributed by atoms with Crippen molar-refractivity contribution in [3.05, 3.63) is 33.3 Å². The van der Waals surface area contributed by atoms with Gasteiger partial charge < -0.3 is 5.73 Å². The highest BCUT2D eigenvalue weighted by atomic mass is 79.9. The van der Waals surface area contributed by atoms with Crippen LogP contribution in [0, 0.1) is 0 Å².